The molecule has 2 aromatic rings. The van der Waals surface area contributed by atoms with Crippen LogP contribution in [0.4, 0.5) is 9.18 Å². The van der Waals surface area contributed by atoms with Crippen LogP contribution in [0, 0.1) is 18.7 Å². The number of carboxylic acid groups (broad SMARTS) is 1. The molecule has 2 saturated carbocycles. The number of amides is 4. The third-order valence-corrected chi connectivity index (χ3v) is 11.9. The van der Waals surface area contributed by atoms with Gasteiger partial charge in [0.2, 0.25) is 27.7 Å². The number of carbonyl (C=O) groups excluding carboxylic acids is 3. The van der Waals surface area contributed by atoms with E-state index in [1.165, 1.54) is 17.0 Å². The summed E-state index contributed by atoms with van der Waals surface area (Å²) in [5.74, 6) is -3.20. The molecule has 4 amide bonds. The summed E-state index contributed by atoms with van der Waals surface area (Å²) in [5.41, 5.74) is -1.85. The number of sulfonamides is 1. The fourth-order valence-electron chi connectivity index (χ4n) is 7.21. The molecule has 6 rings (SSSR count). The normalized spacial score (nSPS) is 27.4. The van der Waals surface area contributed by atoms with Gasteiger partial charge in [-0.1, -0.05) is 31.1 Å². The number of fused-ring (bicyclic) bond motifs is 3. The number of carbonyl (C=O) groups is 4. The Morgan fingerprint density at radius 3 is 2.57 bits per heavy atom. The van der Waals surface area contributed by atoms with Gasteiger partial charge in [0, 0.05) is 17.9 Å². The lowest BCUT2D eigenvalue weighted by Gasteiger charge is -2.41. The zero-order chi connectivity index (χ0) is 36.9. The third kappa shape index (κ3) is 7.51. The number of allylic oxidation sites excluding steroid dienone is 1. The van der Waals surface area contributed by atoms with Crippen LogP contribution in [0.25, 0.3) is 11.0 Å². The highest BCUT2D eigenvalue weighted by Gasteiger charge is 2.62. The molecule has 5 atom stereocenters. The molecule has 1 aromatic heterocycles. The molecule has 0 radical (unpaired) electrons. The Bertz CT molecular complexity index is 1880. The van der Waals surface area contributed by atoms with Gasteiger partial charge in [0.1, 0.15) is 34.9 Å². The smallest absolute Gasteiger partial charge is 0.408 e. The van der Waals surface area contributed by atoms with Crippen molar-refractivity contribution in [3.8, 4) is 5.88 Å². The van der Waals surface area contributed by atoms with Crippen LogP contribution in [0.15, 0.2) is 30.4 Å². The van der Waals surface area contributed by atoms with Crippen LogP contribution < -0.4 is 14.8 Å². The molecule has 0 unspecified atom stereocenters. The van der Waals surface area contributed by atoms with Gasteiger partial charge in [-0.05, 0) is 78.4 Å². The SMILES string of the molecule is Cc1nc2cccc(F)c2nc1O[C@@H]1C[C@H]2C(=O)N[C@]3(C(=O)NS(=O)(=O)C4CC4)C[C@H]3C=CCCCCC[C@H](N(C(=O)O)C(C)(C)C)C(=O)N2C1. The van der Waals surface area contributed by atoms with Crippen LogP contribution in [-0.4, -0.2) is 98.2 Å². The first kappa shape index (κ1) is 36.5. The van der Waals surface area contributed by atoms with Gasteiger partial charge in [-0.2, -0.15) is 0 Å². The Labute approximate surface area is 296 Å². The average Bonchev–Trinajstić information content (AvgIpc) is 3.96. The molecule has 3 N–H and O–H groups in total. The number of aromatic nitrogens is 2. The Morgan fingerprint density at radius 2 is 1.88 bits per heavy atom. The van der Waals surface area contributed by atoms with Crippen molar-refractivity contribution >= 4 is 44.9 Å². The molecule has 1 saturated heterocycles. The second-order valence-electron chi connectivity index (χ2n) is 15.1. The van der Waals surface area contributed by atoms with Crippen molar-refractivity contribution in [1.29, 1.82) is 0 Å². The largest absolute Gasteiger partial charge is 0.471 e. The summed E-state index contributed by atoms with van der Waals surface area (Å²) >= 11 is 0. The Morgan fingerprint density at radius 1 is 1.14 bits per heavy atom. The Balaban J connectivity index is 1.35. The molecule has 276 valence electrons. The zero-order valence-electron chi connectivity index (χ0n) is 29.2. The highest BCUT2D eigenvalue weighted by molar-refractivity contribution is 7.91. The first-order valence-corrected chi connectivity index (χ1v) is 19.0. The number of hydrogen-bond donors (Lipinski definition) is 3. The average molecular weight is 729 g/mol. The summed E-state index contributed by atoms with van der Waals surface area (Å²) in [4.78, 5) is 66.4. The molecular weight excluding hydrogens is 683 g/mol. The summed E-state index contributed by atoms with van der Waals surface area (Å²) in [7, 11) is -3.92. The highest BCUT2D eigenvalue weighted by Crippen LogP contribution is 2.46. The van der Waals surface area contributed by atoms with Gasteiger partial charge in [-0.25, -0.2) is 27.6 Å². The highest BCUT2D eigenvalue weighted by atomic mass is 32.2. The maximum Gasteiger partial charge on any atom is 0.408 e. The molecule has 4 aliphatic rings. The van der Waals surface area contributed by atoms with E-state index < -0.39 is 80.1 Å². The number of hydrogen-bond acceptors (Lipinski definition) is 9. The molecule has 3 heterocycles. The molecule has 51 heavy (non-hydrogen) atoms. The van der Waals surface area contributed by atoms with Crippen molar-refractivity contribution in [3.63, 3.8) is 0 Å². The Hall–Kier alpha value is -4.34. The second-order valence-corrected chi connectivity index (χ2v) is 17.0. The van der Waals surface area contributed by atoms with E-state index in [0.717, 1.165) is 11.3 Å². The second kappa shape index (κ2) is 13.7. The number of nitrogens with zero attached hydrogens (tertiary/aromatic N) is 4. The van der Waals surface area contributed by atoms with E-state index in [-0.39, 0.29) is 37.2 Å². The summed E-state index contributed by atoms with van der Waals surface area (Å²) < 4.78 is 48.6. The van der Waals surface area contributed by atoms with Gasteiger partial charge in [0.15, 0.2) is 5.82 Å². The molecule has 16 heteroatoms. The molecular formula is C35H45FN6O8S. The number of para-hydroxylation sites is 1. The van der Waals surface area contributed by atoms with Crippen molar-refractivity contribution in [1.82, 2.24) is 29.8 Å². The van der Waals surface area contributed by atoms with Crippen LogP contribution in [0.3, 0.4) is 0 Å². The van der Waals surface area contributed by atoms with Crippen LogP contribution in [0.2, 0.25) is 0 Å². The quantitative estimate of drug-likeness (QED) is 0.371. The molecule has 2 aliphatic heterocycles. The predicted octanol–water partition coefficient (Wildman–Crippen LogP) is 3.58. The molecule has 1 aromatic carbocycles. The fourth-order valence-corrected chi connectivity index (χ4v) is 8.57. The standard InChI is InChI=1S/C35H45FN6O8S/c1-20-30(38-28-24(36)12-10-13-25(28)37-20)50-22-17-27-29(43)39-35(32(45)40-51(48,49)23-15-16-23)18-21(35)11-8-6-5-7-9-14-26(31(44)41(27)19-22)42(33(46)47)34(2,3)4/h8,10-13,21-23,26-27H,5-7,9,14-19H2,1-4H3,(H,39,43)(H,40,45)(H,46,47)/t21-,22-,26+,27+,35-/m1/s1. The van der Waals surface area contributed by atoms with Crippen molar-refractivity contribution in [2.45, 2.75) is 120 Å². The molecule has 14 nitrogen and oxygen atoms in total. The monoisotopic (exact) mass is 728 g/mol. The Kier molecular flexibility index (Phi) is 9.76. The van der Waals surface area contributed by atoms with Gasteiger partial charge in [0.05, 0.1) is 17.3 Å². The van der Waals surface area contributed by atoms with E-state index in [4.69, 9.17) is 4.74 Å². The fraction of sp³-hybridized carbons (Fsp3) is 0.600. The lowest BCUT2D eigenvalue weighted by molar-refractivity contribution is -0.144. The van der Waals surface area contributed by atoms with Gasteiger partial charge in [0.25, 0.3) is 5.91 Å². The maximum atomic E-state index is 14.7. The van der Waals surface area contributed by atoms with Crippen LogP contribution >= 0.6 is 0 Å². The lowest BCUT2D eigenvalue weighted by Crippen LogP contribution is -2.60. The minimum atomic E-state index is -3.92. The number of rotatable bonds is 6. The van der Waals surface area contributed by atoms with E-state index in [2.05, 4.69) is 20.0 Å². The predicted molar refractivity (Wildman–Crippen MR) is 183 cm³/mol. The van der Waals surface area contributed by atoms with Crippen molar-refractivity contribution in [2.24, 2.45) is 5.92 Å². The van der Waals surface area contributed by atoms with E-state index in [1.54, 1.807) is 33.8 Å². The van der Waals surface area contributed by atoms with Crippen LogP contribution in [-0.2, 0) is 24.4 Å². The van der Waals surface area contributed by atoms with Crippen molar-refractivity contribution in [3.05, 3.63) is 41.9 Å². The third-order valence-electron chi connectivity index (χ3n) is 10.1. The minimum Gasteiger partial charge on any atom is -0.471 e. The van der Waals surface area contributed by atoms with Gasteiger partial charge in [-0.3, -0.25) is 24.0 Å². The van der Waals surface area contributed by atoms with Crippen molar-refractivity contribution < 1.29 is 41.8 Å². The van der Waals surface area contributed by atoms with E-state index in [0.29, 0.717) is 43.3 Å². The molecule has 0 bridgehead atoms. The zero-order valence-corrected chi connectivity index (χ0v) is 30.0. The minimum absolute atomic E-state index is 0.0102. The number of ether oxygens (including phenoxy) is 1. The van der Waals surface area contributed by atoms with Crippen LogP contribution in [0.1, 0.15) is 84.3 Å². The summed E-state index contributed by atoms with van der Waals surface area (Å²) in [6.45, 7) is 6.59. The van der Waals surface area contributed by atoms with Gasteiger partial charge in [-0.15, -0.1) is 0 Å². The van der Waals surface area contributed by atoms with E-state index in [9.17, 15) is 37.1 Å². The number of nitrogens with one attached hydrogen (secondary N) is 2. The molecule has 0 spiro atoms. The maximum absolute atomic E-state index is 14.7. The van der Waals surface area contributed by atoms with Crippen molar-refractivity contribution in [2.75, 3.05) is 6.54 Å². The lowest BCUT2D eigenvalue weighted by atomic mass is 9.98. The molecule has 3 fully saturated rings. The first-order valence-electron chi connectivity index (χ1n) is 17.5. The van der Waals surface area contributed by atoms with Gasteiger partial charge >= 0.3 is 6.09 Å². The summed E-state index contributed by atoms with van der Waals surface area (Å²) in [5, 5.41) is 12.5. The van der Waals surface area contributed by atoms with Gasteiger partial charge < -0.3 is 20.1 Å². The van der Waals surface area contributed by atoms with E-state index >= 15 is 0 Å². The number of halogens is 1. The topological polar surface area (TPSA) is 188 Å². The van der Waals surface area contributed by atoms with E-state index in [1.807, 2.05) is 12.2 Å². The first-order chi connectivity index (χ1) is 24.0. The summed E-state index contributed by atoms with van der Waals surface area (Å²) in [6.07, 6.45) is 5.44. The number of benzene rings is 1. The summed E-state index contributed by atoms with van der Waals surface area (Å²) in [6, 6.07) is 2.02. The van der Waals surface area contributed by atoms with Crippen LogP contribution in [0.5, 0.6) is 5.88 Å². The molecule has 2 aliphatic carbocycles. The number of aryl methyl sites for hydroxylation is 1.